The van der Waals surface area contributed by atoms with Crippen molar-refractivity contribution in [1.82, 2.24) is 14.9 Å². The fourth-order valence-electron chi connectivity index (χ4n) is 2.64. The fourth-order valence-corrected chi connectivity index (χ4v) is 2.75. The van der Waals surface area contributed by atoms with Crippen LogP contribution in [0.2, 0.25) is 5.15 Å². The zero-order chi connectivity index (χ0) is 15.3. The smallest absolute Gasteiger partial charge is 0.193 e. The molecule has 0 aliphatic rings. The minimum Gasteiger partial charge on any atom is -0.837 e. The Morgan fingerprint density at radius 1 is 1.18 bits per heavy atom. The molecule has 0 saturated heterocycles. The van der Waals surface area contributed by atoms with Crippen molar-refractivity contribution in [3.8, 4) is 11.6 Å². The molecule has 4 aromatic rings. The molecular weight excluding hydrogens is 300 g/mol. The first kappa shape index (κ1) is 13.0. The Morgan fingerprint density at radius 3 is 2.77 bits per heavy atom. The molecule has 0 N–H and O–H groups in total. The second kappa shape index (κ2) is 4.68. The third kappa shape index (κ3) is 1.83. The summed E-state index contributed by atoms with van der Waals surface area (Å²) in [7, 11) is 0. The summed E-state index contributed by atoms with van der Waals surface area (Å²) in [5.41, 5.74) is 2.92. The minimum absolute atomic E-state index is 0.174. The lowest BCUT2D eigenvalue weighted by Gasteiger charge is -2.02. The molecule has 0 fully saturated rings. The summed E-state index contributed by atoms with van der Waals surface area (Å²) in [5.74, 6) is -0.174. The first-order chi connectivity index (χ1) is 10.6. The van der Waals surface area contributed by atoms with Gasteiger partial charge in [0.2, 0.25) is 0 Å². The zero-order valence-electron chi connectivity index (χ0n) is 11.7. The molecule has 0 spiro atoms. The van der Waals surface area contributed by atoms with Crippen LogP contribution < -0.4 is 9.62 Å². The third-order valence-corrected chi connectivity index (χ3v) is 3.88. The van der Waals surface area contributed by atoms with Crippen LogP contribution in [-0.2, 0) is 0 Å². The first-order valence-corrected chi connectivity index (χ1v) is 7.15. The molecule has 5 nitrogen and oxygen atoms in total. The summed E-state index contributed by atoms with van der Waals surface area (Å²) in [6.45, 7) is 1.91. The van der Waals surface area contributed by atoms with Crippen molar-refractivity contribution in [1.29, 1.82) is 0 Å². The van der Waals surface area contributed by atoms with Gasteiger partial charge in [0.25, 0.3) is 0 Å². The Morgan fingerprint density at radius 2 is 2.00 bits per heavy atom. The van der Waals surface area contributed by atoms with Crippen molar-refractivity contribution in [2.24, 2.45) is 0 Å². The van der Waals surface area contributed by atoms with E-state index in [0.29, 0.717) is 16.4 Å². The van der Waals surface area contributed by atoms with Crippen LogP contribution in [0.25, 0.3) is 22.1 Å². The SMILES string of the molecule is Cc1cc2ccccc2[n+]2nn(-c3ccc(Cl)nc3)c([O-])c12. The van der Waals surface area contributed by atoms with Crippen LogP contribution in [0, 0.1) is 6.92 Å². The number of halogens is 1. The molecule has 4 rings (SSSR count). The van der Waals surface area contributed by atoms with Gasteiger partial charge in [-0.3, -0.25) is 0 Å². The summed E-state index contributed by atoms with van der Waals surface area (Å²) in [6, 6.07) is 13.2. The lowest BCUT2D eigenvalue weighted by Crippen LogP contribution is -2.26. The highest BCUT2D eigenvalue weighted by Gasteiger charge is 2.19. The second-order valence-electron chi connectivity index (χ2n) is 5.09. The Hall–Kier alpha value is -2.66. The highest BCUT2D eigenvalue weighted by atomic mass is 35.5. The number of para-hydroxylation sites is 1. The Kier molecular flexibility index (Phi) is 2.77. The summed E-state index contributed by atoms with van der Waals surface area (Å²) in [5, 5.41) is 18.6. The van der Waals surface area contributed by atoms with Crippen LogP contribution in [0.3, 0.4) is 0 Å². The van der Waals surface area contributed by atoms with E-state index in [-0.39, 0.29) is 5.88 Å². The van der Waals surface area contributed by atoms with Crippen LogP contribution in [-0.4, -0.2) is 14.9 Å². The number of fused-ring (bicyclic) bond motifs is 3. The van der Waals surface area contributed by atoms with Crippen molar-refractivity contribution < 1.29 is 9.62 Å². The van der Waals surface area contributed by atoms with Crippen LogP contribution in [0.4, 0.5) is 0 Å². The van der Waals surface area contributed by atoms with Crippen LogP contribution in [0.5, 0.6) is 5.88 Å². The number of hydrogen-bond donors (Lipinski definition) is 0. The molecule has 22 heavy (non-hydrogen) atoms. The van der Waals surface area contributed by atoms with Crippen LogP contribution >= 0.6 is 11.6 Å². The number of aryl methyl sites for hydroxylation is 1. The standard InChI is InChI=1S/C16H11ClN4O/c1-10-8-11-4-2-3-5-13(11)21-15(10)16(22)20(19-21)12-6-7-14(17)18-9-12/h2-9H,1H3. The molecule has 6 heteroatoms. The molecule has 108 valence electrons. The summed E-state index contributed by atoms with van der Waals surface area (Å²) < 4.78 is 3.03. The largest absolute Gasteiger partial charge is 0.837 e. The molecule has 0 amide bonds. The molecular formula is C16H11ClN4O. The number of benzene rings is 1. The number of rotatable bonds is 1. The maximum absolute atomic E-state index is 12.7. The van der Waals surface area contributed by atoms with Gasteiger partial charge in [0.1, 0.15) is 16.2 Å². The van der Waals surface area contributed by atoms with E-state index in [1.165, 1.54) is 10.9 Å². The van der Waals surface area contributed by atoms with Gasteiger partial charge in [-0.2, -0.15) is 0 Å². The van der Waals surface area contributed by atoms with Crippen molar-refractivity contribution in [2.75, 3.05) is 0 Å². The molecule has 0 radical (unpaired) electrons. The molecule has 0 saturated carbocycles. The highest BCUT2D eigenvalue weighted by Crippen LogP contribution is 2.23. The molecule has 3 heterocycles. The quantitative estimate of drug-likeness (QED) is 0.400. The van der Waals surface area contributed by atoms with E-state index in [1.807, 2.05) is 37.3 Å². The molecule has 0 atom stereocenters. The molecule has 0 aliphatic heterocycles. The minimum atomic E-state index is -0.174. The predicted molar refractivity (Wildman–Crippen MR) is 81.2 cm³/mol. The lowest BCUT2D eigenvalue weighted by atomic mass is 10.1. The number of pyridine rings is 2. The summed E-state index contributed by atoms with van der Waals surface area (Å²) in [4.78, 5) is 4.01. The van der Waals surface area contributed by atoms with Crippen molar-refractivity contribution in [2.45, 2.75) is 6.92 Å². The maximum atomic E-state index is 12.7. The normalized spacial score (nSPS) is 11.4. The van der Waals surface area contributed by atoms with Gasteiger partial charge in [-0.25, -0.2) is 4.98 Å². The third-order valence-electron chi connectivity index (χ3n) is 3.65. The Bertz CT molecular complexity index is 1010. The van der Waals surface area contributed by atoms with E-state index >= 15 is 0 Å². The van der Waals surface area contributed by atoms with Gasteiger partial charge < -0.3 is 5.11 Å². The van der Waals surface area contributed by atoms with Gasteiger partial charge in [-0.05, 0) is 31.2 Å². The van der Waals surface area contributed by atoms with Gasteiger partial charge >= 0.3 is 0 Å². The van der Waals surface area contributed by atoms with Gasteiger partial charge in [-0.15, -0.1) is 4.68 Å². The van der Waals surface area contributed by atoms with Gasteiger partial charge in [0.05, 0.1) is 6.20 Å². The molecule has 0 bridgehead atoms. The average Bonchev–Trinajstić information content (AvgIpc) is 2.87. The van der Waals surface area contributed by atoms with Gasteiger partial charge in [0.15, 0.2) is 16.7 Å². The first-order valence-electron chi connectivity index (χ1n) is 6.77. The van der Waals surface area contributed by atoms with Gasteiger partial charge in [0, 0.05) is 10.9 Å². The highest BCUT2D eigenvalue weighted by molar-refractivity contribution is 6.29. The molecule has 3 aromatic heterocycles. The number of aromatic nitrogens is 4. The Balaban J connectivity index is 2.10. The molecule has 1 aromatic carbocycles. The predicted octanol–water partition coefficient (Wildman–Crippen LogP) is 2.19. The van der Waals surface area contributed by atoms with Crippen LogP contribution in [0.15, 0.2) is 48.7 Å². The molecule has 0 aliphatic carbocycles. The number of nitrogens with zero attached hydrogens (tertiary/aromatic N) is 4. The summed E-state index contributed by atoms with van der Waals surface area (Å²) >= 11 is 5.80. The Labute approximate surface area is 131 Å². The monoisotopic (exact) mass is 310 g/mol. The van der Waals surface area contributed by atoms with E-state index in [2.05, 4.69) is 10.2 Å². The second-order valence-corrected chi connectivity index (χ2v) is 5.48. The van der Waals surface area contributed by atoms with Crippen molar-refractivity contribution in [3.63, 3.8) is 0 Å². The molecule has 0 unspecified atom stereocenters. The number of hydrogen-bond acceptors (Lipinski definition) is 3. The topological polar surface area (TPSA) is 57.9 Å². The van der Waals surface area contributed by atoms with E-state index in [9.17, 15) is 5.11 Å². The van der Waals surface area contributed by atoms with Crippen LogP contribution in [0.1, 0.15) is 5.56 Å². The van der Waals surface area contributed by atoms with E-state index in [1.54, 1.807) is 16.6 Å². The van der Waals surface area contributed by atoms with E-state index < -0.39 is 0 Å². The van der Waals surface area contributed by atoms with E-state index in [0.717, 1.165) is 16.5 Å². The zero-order valence-corrected chi connectivity index (χ0v) is 12.4. The van der Waals surface area contributed by atoms with Crippen molar-refractivity contribution in [3.05, 3.63) is 59.4 Å². The fraction of sp³-hybridized carbons (Fsp3) is 0.0625. The lowest BCUT2D eigenvalue weighted by molar-refractivity contribution is -0.556. The van der Waals surface area contributed by atoms with E-state index in [4.69, 9.17) is 11.6 Å². The van der Waals surface area contributed by atoms with Crippen molar-refractivity contribution >= 4 is 28.0 Å². The average molecular weight is 311 g/mol. The summed E-state index contributed by atoms with van der Waals surface area (Å²) in [6.07, 6.45) is 1.54. The van der Waals surface area contributed by atoms with Gasteiger partial charge in [-0.1, -0.05) is 34.3 Å². The maximum Gasteiger partial charge on any atom is 0.193 e.